The molecule has 0 atom stereocenters. The van der Waals surface area contributed by atoms with E-state index in [9.17, 15) is 9.59 Å². The van der Waals surface area contributed by atoms with Crippen molar-refractivity contribution in [2.75, 3.05) is 5.32 Å². The second-order valence-corrected chi connectivity index (χ2v) is 8.74. The minimum absolute atomic E-state index is 0.226. The van der Waals surface area contributed by atoms with Crippen molar-refractivity contribution in [3.05, 3.63) is 74.0 Å². The van der Waals surface area contributed by atoms with Gasteiger partial charge in [-0.2, -0.15) is 5.10 Å². The summed E-state index contributed by atoms with van der Waals surface area (Å²) >= 11 is 7.40. The summed E-state index contributed by atoms with van der Waals surface area (Å²) in [7, 11) is 0. The highest BCUT2D eigenvalue weighted by Gasteiger charge is 2.19. The molecule has 1 amide bonds. The van der Waals surface area contributed by atoms with Crippen LogP contribution >= 0.6 is 22.9 Å². The monoisotopic (exact) mass is 438 g/mol. The van der Waals surface area contributed by atoms with E-state index in [-0.39, 0.29) is 18.0 Å². The van der Waals surface area contributed by atoms with Crippen LogP contribution in [0.2, 0.25) is 5.02 Å². The van der Waals surface area contributed by atoms with Crippen molar-refractivity contribution < 1.29 is 4.79 Å². The number of aromatic nitrogens is 3. The first kappa shape index (κ1) is 20.3. The third-order valence-corrected chi connectivity index (χ3v) is 5.86. The molecule has 2 heterocycles. The lowest BCUT2D eigenvalue weighted by Gasteiger charge is -2.11. The highest BCUT2D eigenvalue weighted by Crippen LogP contribution is 2.31. The van der Waals surface area contributed by atoms with Gasteiger partial charge in [-0.05, 0) is 44.5 Å². The van der Waals surface area contributed by atoms with Gasteiger partial charge in [0.05, 0.1) is 9.71 Å². The number of anilines is 1. The molecule has 0 fully saturated rings. The number of halogens is 1. The minimum Gasteiger partial charge on any atom is -0.324 e. The number of fused-ring (bicyclic) bond motifs is 1. The molecule has 2 aromatic heterocycles. The topological polar surface area (TPSA) is 76.9 Å². The number of nitrogens with one attached hydrogen (secondary N) is 1. The van der Waals surface area contributed by atoms with Crippen LogP contribution in [0.15, 0.2) is 47.3 Å². The maximum absolute atomic E-state index is 12.9. The molecular weight excluding hydrogens is 420 g/mol. The number of hydrogen-bond donors (Lipinski definition) is 1. The maximum atomic E-state index is 12.9. The Hall–Kier alpha value is -3.03. The number of carbonyl (C=O) groups is 1. The van der Waals surface area contributed by atoms with Gasteiger partial charge in [0, 0.05) is 16.3 Å². The summed E-state index contributed by atoms with van der Waals surface area (Å²) in [4.78, 5) is 29.9. The Morgan fingerprint density at radius 3 is 2.70 bits per heavy atom. The number of thiazole rings is 1. The molecule has 4 aromatic rings. The van der Waals surface area contributed by atoms with Crippen molar-refractivity contribution in [3.63, 3.8) is 0 Å². The Balaban J connectivity index is 1.77. The van der Waals surface area contributed by atoms with Gasteiger partial charge in [-0.25, -0.2) is 9.67 Å². The lowest BCUT2D eigenvalue weighted by molar-refractivity contribution is -0.117. The molecule has 0 aliphatic heterocycles. The normalized spacial score (nSPS) is 11.1. The van der Waals surface area contributed by atoms with Crippen molar-refractivity contribution in [1.29, 1.82) is 0 Å². The average molecular weight is 439 g/mol. The van der Waals surface area contributed by atoms with Gasteiger partial charge in [0.1, 0.15) is 12.2 Å². The fourth-order valence-corrected chi connectivity index (χ4v) is 4.43. The lowest BCUT2D eigenvalue weighted by Crippen LogP contribution is -2.30. The van der Waals surface area contributed by atoms with E-state index < -0.39 is 0 Å². The Morgan fingerprint density at radius 1 is 1.17 bits per heavy atom. The van der Waals surface area contributed by atoms with Crippen LogP contribution in [0.25, 0.3) is 21.5 Å². The zero-order chi connectivity index (χ0) is 21.4. The van der Waals surface area contributed by atoms with Crippen LogP contribution in [0.4, 0.5) is 5.69 Å². The van der Waals surface area contributed by atoms with Crippen molar-refractivity contribution in [2.45, 2.75) is 27.3 Å². The molecule has 30 heavy (non-hydrogen) atoms. The van der Waals surface area contributed by atoms with E-state index in [2.05, 4.69) is 21.5 Å². The fraction of sp³-hybridized carbons (Fsp3) is 0.182. The predicted octanol–water partition coefficient (Wildman–Crippen LogP) is 4.74. The van der Waals surface area contributed by atoms with Gasteiger partial charge in [0.25, 0.3) is 5.56 Å². The first-order valence-corrected chi connectivity index (χ1v) is 10.5. The summed E-state index contributed by atoms with van der Waals surface area (Å²) in [6.45, 7) is 5.66. The summed E-state index contributed by atoms with van der Waals surface area (Å²) in [5.74, 6) is -0.371. The van der Waals surface area contributed by atoms with Crippen LogP contribution in [0.1, 0.15) is 16.1 Å². The number of nitrogens with zero attached hydrogens (tertiary/aromatic N) is 3. The van der Waals surface area contributed by atoms with Gasteiger partial charge in [0.2, 0.25) is 5.91 Å². The van der Waals surface area contributed by atoms with Crippen LogP contribution in [0.5, 0.6) is 0 Å². The molecular formula is C22H19ClN4O2S. The van der Waals surface area contributed by atoms with Crippen molar-refractivity contribution in [1.82, 2.24) is 14.8 Å². The zero-order valence-electron chi connectivity index (χ0n) is 16.7. The Labute approximate surface area is 182 Å². The van der Waals surface area contributed by atoms with Gasteiger partial charge in [-0.15, -0.1) is 11.3 Å². The molecule has 0 aliphatic rings. The summed E-state index contributed by atoms with van der Waals surface area (Å²) in [6, 6.07) is 12.9. The number of rotatable bonds is 4. The van der Waals surface area contributed by atoms with Gasteiger partial charge >= 0.3 is 0 Å². The number of carbonyl (C=O) groups excluding carboxylic acids is 1. The highest BCUT2D eigenvalue weighted by molar-refractivity contribution is 7.19. The molecule has 0 radical (unpaired) electrons. The molecule has 2 aromatic carbocycles. The number of aryl methyl sites for hydroxylation is 3. The highest BCUT2D eigenvalue weighted by atomic mass is 35.5. The molecule has 0 spiro atoms. The van der Waals surface area contributed by atoms with Crippen LogP contribution in [0, 0.1) is 20.8 Å². The Kier molecular flexibility index (Phi) is 5.40. The first-order valence-electron chi connectivity index (χ1n) is 9.33. The Morgan fingerprint density at radius 2 is 1.97 bits per heavy atom. The smallest absolute Gasteiger partial charge is 0.294 e. The SMILES string of the molecule is Cc1ccc(-c2nn(CC(=O)Nc3cccc(Cl)c3)c(=O)c3nc(C)sc23)c(C)c1. The lowest BCUT2D eigenvalue weighted by atomic mass is 10.0. The second-order valence-electron chi connectivity index (χ2n) is 7.10. The van der Waals surface area contributed by atoms with E-state index in [1.807, 2.05) is 32.9 Å². The van der Waals surface area contributed by atoms with Gasteiger partial charge in [0.15, 0.2) is 5.52 Å². The third-order valence-electron chi connectivity index (χ3n) is 4.65. The second kappa shape index (κ2) is 8.01. The standard InChI is InChI=1S/C22H19ClN4O2S/c1-12-7-8-17(13(2)9-12)19-21-20(24-14(3)30-21)22(29)27(26-19)11-18(28)25-16-6-4-5-15(23)10-16/h4-10H,11H2,1-3H3,(H,25,28). The summed E-state index contributed by atoms with van der Waals surface area (Å²) in [5, 5.41) is 8.60. The first-order chi connectivity index (χ1) is 14.3. The average Bonchev–Trinajstić information content (AvgIpc) is 3.06. The van der Waals surface area contributed by atoms with Crippen LogP contribution < -0.4 is 10.9 Å². The number of amides is 1. The molecule has 0 unspecified atom stereocenters. The van der Waals surface area contributed by atoms with E-state index in [4.69, 9.17) is 11.6 Å². The van der Waals surface area contributed by atoms with Gasteiger partial charge in [-0.3, -0.25) is 9.59 Å². The largest absolute Gasteiger partial charge is 0.324 e. The summed E-state index contributed by atoms with van der Waals surface area (Å²) in [5.41, 5.74) is 4.26. The number of benzene rings is 2. The van der Waals surface area contributed by atoms with Crippen LogP contribution in [-0.2, 0) is 11.3 Å². The number of hydrogen-bond acceptors (Lipinski definition) is 5. The predicted molar refractivity (Wildman–Crippen MR) is 121 cm³/mol. The van der Waals surface area contributed by atoms with E-state index in [0.717, 1.165) is 26.4 Å². The van der Waals surface area contributed by atoms with Crippen LogP contribution in [-0.4, -0.2) is 20.7 Å². The fourth-order valence-electron chi connectivity index (χ4n) is 3.33. The molecule has 152 valence electrons. The molecule has 0 saturated carbocycles. The molecule has 4 rings (SSSR count). The summed E-state index contributed by atoms with van der Waals surface area (Å²) < 4.78 is 1.91. The van der Waals surface area contributed by atoms with E-state index >= 15 is 0 Å². The molecule has 8 heteroatoms. The molecule has 0 saturated heterocycles. The van der Waals surface area contributed by atoms with Gasteiger partial charge in [-0.1, -0.05) is 41.4 Å². The molecule has 0 bridgehead atoms. The van der Waals surface area contributed by atoms with Crippen molar-refractivity contribution in [3.8, 4) is 11.3 Å². The maximum Gasteiger partial charge on any atom is 0.294 e. The van der Waals surface area contributed by atoms with Gasteiger partial charge < -0.3 is 5.32 Å². The van der Waals surface area contributed by atoms with Crippen LogP contribution in [0.3, 0.4) is 0 Å². The van der Waals surface area contributed by atoms with Crippen molar-refractivity contribution in [2.24, 2.45) is 0 Å². The molecule has 1 N–H and O–H groups in total. The summed E-state index contributed by atoms with van der Waals surface area (Å²) in [6.07, 6.45) is 0. The molecule has 6 nitrogen and oxygen atoms in total. The van der Waals surface area contributed by atoms with E-state index in [1.54, 1.807) is 24.3 Å². The Bertz CT molecular complexity index is 1340. The van der Waals surface area contributed by atoms with E-state index in [1.165, 1.54) is 16.0 Å². The third kappa shape index (κ3) is 3.99. The molecule has 0 aliphatic carbocycles. The quantitative estimate of drug-likeness (QED) is 0.499. The van der Waals surface area contributed by atoms with E-state index in [0.29, 0.717) is 21.9 Å². The zero-order valence-corrected chi connectivity index (χ0v) is 18.3. The minimum atomic E-state index is -0.385. The van der Waals surface area contributed by atoms with Crippen molar-refractivity contribution >= 4 is 44.7 Å².